The normalized spacial score (nSPS) is 17.8. The number of aliphatic carboxylic acids is 1. The average molecular weight is 691 g/mol. The van der Waals surface area contributed by atoms with E-state index < -0.39 is 5.97 Å². The Morgan fingerprint density at radius 1 is 1.02 bits per heavy atom. The molecular formula is C36H37Cl2N5O5. The SMILES string of the molecule is COc1cc(-c2nccc(-c3cccc(-c4ccc(CNC[C@@H]5CCC(=O)N5)c(OC)n4)c3Cl)c2Cl)ccc1CN1CCC(C(=O)O)C1. The lowest BCUT2D eigenvalue weighted by atomic mass is 9.99. The summed E-state index contributed by atoms with van der Waals surface area (Å²) in [7, 11) is 3.21. The Bertz CT molecular complexity index is 1840. The smallest absolute Gasteiger partial charge is 0.307 e. The number of halogens is 2. The Morgan fingerprint density at radius 3 is 2.54 bits per heavy atom. The van der Waals surface area contributed by atoms with Crippen molar-refractivity contribution in [3.05, 3.63) is 82.0 Å². The highest BCUT2D eigenvalue weighted by atomic mass is 35.5. The second-order valence-corrected chi connectivity index (χ2v) is 12.8. The summed E-state index contributed by atoms with van der Waals surface area (Å²) in [5, 5.41) is 16.7. The van der Waals surface area contributed by atoms with E-state index >= 15 is 0 Å². The number of ether oxygens (including phenoxy) is 2. The van der Waals surface area contributed by atoms with Crippen LogP contribution in [0, 0.1) is 5.92 Å². The van der Waals surface area contributed by atoms with Crippen molar-refractivity contribution in [3.63, 3.8) is 0 Å². The molecule has 2 aromatic carbocycles. The van der Waals surface area contributed by atoms with Gasteiger partial charge in [0.25, 0.3) is 0 Å². The maximum atomic E-state index is 11.5. The molecule has 2 aliphatic rings. The fraction of sp³-hybridized carbons (Fsp3) is 0.333. The molecule has 2 fully saturated rings. The van der Waals surface area contributed by atoms with Gasteiger partial charge < -0.3 is 25.2 Å². The summed E-state index contributed by atoms with van der Waals surface area (Å²) in [4.78, 5) is 34.4. The van der Waals surface area contributed by atoms with E-state index in [9.17, 15) is 14.7 Å². The predicted molar refractivity (Wildman–Crippen MR) is 185 cm³/mol. The second-order valence-electron chi connectivity index (χ2n) is 12.1. The van der Waals surface area contributed by atoms with E-state index in [0.29, 0.717) is 72.1 Å². The van der Waals surface area contributed by atoms with Crippen molar-refractivity contribution in [2.24, 2.45) is 5.92 Å². The number of amides is 1. The van der Waals surface area contributed by atoms with Gasteiger partial charge in [0, 0.05) is 78.2 Å². The third kappa shape index (κ3) is 7.27. The highest BCUT2D eigenvalue weighted by molar-refractivity contribution is 6.39. The molecule has 0 saturated carbocycles. The second kappa shape index (κ2) is 14.9. The van der Waals surface area contributed by atoms with Crippen LogP contribution < -0.4 is 20.1 Å². The van der Waals surface area contributed by atoms with Crippen LogP contribution in [0.2, 0.25) is 10.0 Å². The highest BCUT2D eigenvalue weighted by Gasteiger charge is 2.28. The van der Waals surface area contributed by atoms with E-state index in [1.807, 2.05) is 54.6 Å². The molecule has 10 nitrogen and oxygen atoms in total. The lowest BCUT2D eigenvalue weighted by Crippen LogP contribution is -2.35. The number of hydrogen-bond donors (Lipinski definition) is 3. The van der Waals surface area contributed by atoms with E-state index in [1.54, 1.807) is 20.4 Å². The third-order valence-electron chi connectivity index (χ3n) is 8.95. The molecular weight excluding hydrogens is 653 g/mol. The Balaban J connectivity index is 1.23. The molecule has 2 atom stereocenters. The van der Waals surface area contributed by atoms with Gasteiger partial charge in [-0.05, 0) is 37.6 Å². The number of aromatic nitrogens is 2. The number of methoxy groups -OCH3 is 2. The van der Waals surface area contributed by atoms with Crippen LogP contribution in [0.1, 0.15) is 30.4 Å². The fourth-order valence-corrected chi connectivity index (χ4v) is 7.02. The number of nitrogens with zero attached hydrogens (tertiary/aromatic N) is 3. The first-order valence-corrected chi connectivity index (χ1v) is 16.6. The molecule has 6 rings (SSSR count). The van der Waals surface area contributed by atoms with Gasteiger partial charge in [0.1, 0.15) is 5.75 Å². The van der Waals surface area contributed by atoms with Crippen molar-refractivity contribution >= 4 is 35.1 Å². The minimum Gasteiger partial charge on any atom is -0.496 e. The van der Waals surface area contributed by atoms with E-state index in [4.69, 9.17) is 37.7 Å². The third-order valence-corrected chi connectivity index (χ3v) is 9.74. The van der Waals surface area contributed by atoms with Gasteiger partial charge in [0.2, 0.25) is 11.8 Å². The molecule has 3 N–H and O–H groups in total. The van der Waals surface area contributed by atoms with Gasteiger partial charge in [-0.1, -0.05) is 59.6 Å². The minimum atomic E-state index is -0.753. The van der Waals surface area contributed by atoms with E-state index in [1.165, 1.54) is 0 Å². The molecule has 2 aliphatic heterocycles. The van der Waals surface area contributed by atoms with Gasteiger partial charge in [0.15, 0.2) is 0 Å². The van der Waals surface area contributed by atoms with Gasteiger partial charge >= 0.3 is 5.97 Å². The molecule has 1 unspecified atom stereocenters. The maximum absolute atomic E-state index is 11.5. The van der Waals surface area contributed by atoms with Gasteiger partial charge in [-0.25, -0.2) is 4.98 Å². The standard InChI is InChI=1S/C36H37Cl2N5O5/c1-47-30-16-21(6-7-23(30)19-43-15-13-24(20-43)36(45)46)34-33(38)27(12-14-40-34)26-4-3-5-28(32(26)37)29-10-8-22(35(42-29)48-2)17-39-18-25-9-11-31(44)41-25/h3-8,10,12,14,16,24-25,39H,9,11,13,15,17-20H2,1-2H3,(H,41,44)(H,45,46)/t24?,25-/m0/s1. The summed E-state index contributed by atoms with van der Waals surface area (Å²) < 4.78 is 11.4. The van der Waals surface area contributed by atoms with Crippen molar-refractivity contribution in [2.75, 3.05) is 33.9 Å². The summed E-state index contributed by atoms with van der Waals surface area (Å²) >= 11 is 14.1. The van der Waals surface area contributed by atoms with E-state index in [0.717, 1.165) is 46.3 Å². The van der Waals surface area contributed by atoms with Crippen LogP contribution in [-0.4, -0.2) is 71.7 Å². The fourth-order valence-electron chi connectivity index (χ4n) is 6.37. The molecule has 12 heteroatoms. The summed E-state index contributed by atoms with van der Waals surface area (Å²) in [5.41, 5.74) is 6.07. The molecule has 48 heavy (non-hydrogen) atoms. The Labute approximate surface area is 289 Å². The lowest BCUT2D eigenvalue weighted by Gasteiger charge is -2.18. The van der Waals surface area contributed by atoms with Crippen molar-refractivity contribution in [1.29, 1.82) is 0 Å². The van der Waals surface area contributed by atoms with Crippen LogP contribution in [0.5, 0.6) is 11.6 Å². The van der Waals surface area contributed by atoms with Crippen LogP contribution in [0.15, 0.2) is 60.8 Å². The maximum Gasteiger partial charge on any atom is 0.307 e. The number of benzene rings is 2. The Morgan fingerprint density at radius 2 is 1.81 bits per heavy atom. The quantitative estimate of drug-likeness (QED) is 0.162. The number of pyridine rings is 2. The Kier molecular flexibility index (Phi) is 10.5. The number of hydrogen-bond acceptors (Lipinski definition) is 8. The lowest BCUT2D eigenvalue weighted by molar-refractivity contribution is -0.141. The van der Waals surface area contributed by atoms with Gasteiger partial charge in [0.05, 0.1) is 41.6 Å². The summed E-state index contributed by atoms with van der Waals surface area (Å²) in [6, 6.07) is 17.4. The molecule has 2 saturated heterocycles. The van der Waals surface area contributed by atoms with Crippen LogP contribution >= 0.6 is 23.2 Å². The number of nitrogens with one attached hydrogen (secondary N) is 2. The molecule has 0 aliphatic carbocycles. The van der Waals surface area contributed by atoms with Crippen LogP contribution in [0.3, 0.4) is 0 Å². The van der Waals surface area contributed by atoms with E-state index in [2.05, 4.69) is 20.5 Å². The molecule has 0 bridgehead atoms. The molecule has 250 valence electrons. The molecule has 4 aromatic rings. The predicted octanol–water partition coefficient (Wildman–Crippen LogP) is 6.08. The summed E-state index contributed by atoms with van der Waals surface area (Å²) in [6.45, 7) is 3.04. The first-order valence-electron chi connectivity index (χ1n) is 15.9. The summed E-state index contributed by atoms with van der Waals surface area (Å²) in [6.07, 6.45) is 3.74. The molecule has 0 spiro atoms. The Hall–Kier alpha value is -4.22. The zero-order chi connectivity index (χ0) is 33.8. The molecule has 0 radical (unpaired) electrons. The van der Waals surface area contributed by atoms with Crippen molar-refractivity contribution < 1.29 is 24.2 Å². The number of carboxylic acids is 1. The minimum absolute atomic E-state index is 0.0934. The van der Waals surface area contributed by atoms with Gasteiger partial charge in [-0.3, -0.25) is 19.5 Å². The van der Waals surface area contributed by atoms with Crippen molar-refractivity contribution in [1.82, 2.24) is 25.5 Å². The number of carboxylic acid groups (broad SMARTS) is 1. The number of carbonyl (C=O) groups excluding carboxylic acids is 1. The number of likely N-dealkylation sites (tertiary alicyclic amines) is 1. The van der Waals surface area contributed by atoms with E-state index in [-0.39, 0.29) is 17.9 Å². The molecule has 4 heterocycles. The highest BCUT2D eigenvalue weighted by Crippen LogP contribution is 2.42. The zero-order valence-electron chi connectivity index (χ0n) is 26.8. The summed E-state index contributed by atoms with van der Waals surface area (Å²) in [5.74, 6) is 0.167. The monoisotopic (exact) mass is 689 g/mol. The average Bonchev–Trinajstić information content (AvgIpc) is 3.74. The molecule has 1 amide bonds. The first kappa shape index (κ1) is 33.7. The molecule has 2 aromatic heterocycles. The number of rotatable bonds is 12. The van der Waals surface area contributed by atoms with Crippen LogP contribution in [0.25, 0.3) is 33.6 Å². The van der Waals surface area contributed by atoms with Crippen molar-refractivity contribution in [3.8, 4) is 45.3 Å². The van der Waals surface area contributed by atoms with Gasteiger partial charge in [-0.15, -0.1) is 0 Å². The van der Waals surface area contributed by atoms with Crippen LogP contribution in [-0.2, 0) is 22.7 Å². The van der Waals surface area contributed by atoms with Gasteiger partial charge in [-0.2, -0.15) is 0 Å². The first-order chi connectivity index (χ1) is 23.2. The topological polar surface area (TPSA) is 126 Å². The zero-order valence-corrected chi connectivity index (χ0v) is 28.3. The largest absolute Gasteiger partial charge is 0.496 e. The number of carbonyl (C=O) groups is 2. The van der Waals surface area contributed by atoms with Crippen LogP contribution in [0.4, 0.5) is 0 Å². The van der Waals surface area contributed by atoms with Crippen molar-refractivity contribution in [2.45, 2.75) is 38.4 Å².